The van der Waals surface area contributed by atoms with Gasteiger partial charge in [0.05, 0.1) is 23.1 Å². The van der Waals surface area contributed by atoms with E-state index < -0.39 is 15.8 Å². The fraction of sp³-hybridized carbons (Fsp3) is 0.667. The van der Waals surface area contributed by atoms with E-state index in [-0.39, 0.29) is 17.4 Å². The SMILES string of the molecule is Cn1nc2c(c1NC(=O)[C@@H]1CCS(=O)(=O)C1)CCC2. The van der Waals surface area contributed by atoms with Gasteiger partial charge in [-0.2, -0.15) is 5.10 Å². The van der Waals surface area contributed by atoms with Crippen LogP contribution in [0.3, 0.4) is 0 Å². The van der Waals surface area contributed by atoms with Crippen LogP contribution < -0.4 is 5.32 Å². The van der Waals surface area contributed by atoms with Gasteiger partial charge < -0.3 is 5.32 Å². The van der Waals surface area contributed by atoms with E-state index >= 15 is 0 Å². The number of nitrogens with zero attached hydrogens (tertiary/aromatic N) is 2. The molecule has 2 aliphatic rings. The Morgan fingerprint density at radius 3 is 2.89 bits per heavy atom. The number of amides is 1. The zero-order valence-electron chi connectivity index (χ0n) is 10.8. The van der Waals surface area contributed by atoms with Crippen LogP contribution in [0, 0.1) is 5.92 Å². The summed E-state index contributed by atoms with van der Waals surface area (Å²) < 4.78 is 24.5. The lowest BCUT2D eigenvalue weighted by Crippen LogP contribution is -2.25. The highest BCUT2D eigenvalue weighted by Gasteiger charge is 2.34. The van der Waals surface area contributed by atoms with Crippen LogP contribution in [0.4, 0.5) is 5.82 Å². The molecule has 2 heterocycles. The summed E-state index contributed by atoms with van der Waals surface area (Å²) in [6, 6.07) is 0. The molecule has 1 amide bonds. The number of rotatable bonds is 2. The molecule has 6 nitrogen and oxygen atoms in total. The molecule has 0 spiro atoms. The third-order valence-corrected chi connectivity index (χ3v) is 5.68. The minimum Gasteiger partial charge on any atom is -0.310 e. The quantitative estimate of drug-likeness (QED) is 0.845. The summed E-state index contributed by atoms with van der Waals surface area (Å²) in [4.78, 5) is 12.1. The van der Waals surface area contributed by atoms with Crippen molar-refractivity contribution in [3.8, 4) is 0 Å². The van der Waals surface area contributed by atoms with Crippen molar-refractivity contribution in [2.24, 2.45) is 13.0 Å². The van der Waals surface area contributed by atoms with Crippen LogP contribution in [0.25, 0.3) is 0 Å². The standard InChI is InChI=1S/C12H17N3O3S/c1-15-11(9-3-2-4-10(9)14-15)13-12(16)8-5-6-19(17,18)7-8/h8H,2-7H2,1H3,(H,13,16)/t8-/m1/s1. The lowest BCUT2D eigenvalue weighted by atomic mass is 10.1. The number of carbonyl (C=O) groups is 1. The number of anilines is 1. The van der Waals surface area contributed by atoms with E-state index in [1.54, 1.807) is 11.7 Å². The second-order valence-corrected chi connectivity index (χ2v) is 7.57. The Labute approximate surface area is 112 Å². The van der Waals surface area contributed by atoms with Crippen LogP contribution in [0.15, 0.2) is 0 Å². The molecular weight excluding hydrogens is 266 g/mol. The molecule has 1 saturated heterocycles. The second-order valence-electron chi connectivity index (χ2n) is 5.34. The third kappa shape index (κ3) is 2.27. The van der Waals surface area contributed by atoms with E-state index in [0.717, 1.165) is 36.3 Å². The fourth-order valence-corrected chi connectivity index (χ4v) is 4.64. The van der Waals surface area contributed by atoms with E-state index in [4.69, 9.17) is 0 Å². The highest BCUT2D eigenvalue weighted by molar-refractivity contribution is 7.91. The Hall–Kier alpha value is -1.37. The molecule has 1 aromatic heterocycles. The number of sulfone groups is 1. The Bertz CT molecular complexity index is 633. The van der Waals surface area contributed by atoms with Crippen molar-refractivity contribution in [1.82, 2.24) is 9.78 Å². The van der Waals surface area contributed by atoms with Gasteiger partial charge in [-0.15, -0.1) is 0 Å². The van der Waals surface area contributed by atoms with Crippen LogP contribution in [0.2, 0.25) is 0 Å². The molecule has 0 bridgehead atoms. The maximum absolute atomic E-state index is 12.1. The molecule has 1 aliphatic carbocycles. The molecule has 19 heavy (non-hydrogen) atoms. The molecule has 0 unspecified atom stereocenters. The topological polar surface area (TPSA) is 81.1 Å². The fourth-order valence-electron chi connectivity index (χ4n) is 2.90. The number of hydrogen-bond donors (Lipinski definition) is 1. The van der Waals surface area contributed by atoms with E-state index in [1.165, 1.54) is 0 Å². The van der Waals surface area contributed by atoms with Gasteiger partial charge in [0.2, 0.25) is 5.91 Å². The Morgan fingerprint density at radius 1 is 1.42 bits per heavy atom. The molecule has 1 aromatic rings. The summed E-state index contributed by atoms with van der Waals surface area (Å²) in [7, 11) is -1.22. The average Bonchev–Trinajstić information content (AvgIpc) is 2.97. The minimum absolute atomic E-state index is 0.0289. The van der Waals surface area contributed by atoms with Crippen LogP contribution in [-0.4, -0.2) is 35.6 Å². The van der Waals surface area contributed by atoms with Gasteiger partial charge in [-0.05, 0) is 25.7 Å². The van der Waals surface area contributed by atoms with Gasteiger partial charge in [0.15, 0.2) is 9.84 Å². The first kappa shape index (κ1) is 12.7. The Kier molecular flexibility index (Phi) is 2.88. The maximum Gasteiger partial charge on any atom is 0.229 e. The van der Waals surface area contributed by atoms with Gasteiger partial charge in [0.25, 0.3) is 0 Å². The second kappa shape index (κ2) is 4.33. The Balaban J connectivity index is 1.77. The van der Waals surface area contributed by atoms with Crippen LogP contribution in [0.1, 0.15) is 24.1 Å². The van der Waals surface area contributed by atoms with Crippen molar-refractivity contribution in [3.05, 3.63) is 11.3 Å². The summed E-state index contributed by atoms with van der Waals surface area (Å²) in [5.41, 5.74) is 2.16. The number of hydrogen-bond acceptors (Lipinski definition) is 4. The number of fused-ring (bicyclic) bond motifs is 1. The van der Waals surface area contributed by atoms with Crippen molar-refractivity contribution < 1.29 is 13.2 Å². The lowest BCUT2D eigenvalue weighted by molar-refractivity contribution is -0.119. The number of aromatic nitrogens is 2. The summed E-state index contributed by atoms with van der Waals surface area (Å²) in [6.45, 7) is 0. The molecule has 0 saturated carbocycles. The van der Waals surface area contributed by atoms with Gasteiger partial charge >= 0.3 is 0 Å². The van der Waals surface area contributed by atoms with E-state index in [1.807, 2.05) is 0 Å². The van der Waals surface area contributed by atoms with E-state index in [2.05, 4.69) is 10.4 Å². The molecule has 1 N–H and O–H groups in total. The number of nitrogens with one attached hydrogen (secondary N) is 1. The van der Waals surface area contributed by atoms with Crippen molar-refractivity contribution in [1.29, 1.82) is 0 Å². The predicted octanol–water partition coefficient (Wildman–Crippen LogP) is 0.282. The first-order valence-corrected chi connectivity index (χ1v) is 8.34. The lowest BCUT2D eigenvalue weighted by Gasteiger charge is -2.11. The minimum atomic E-state index is -3.02. The smallest absolute Gasteiger partial charge is 0.229 e. The first-order chi connectivity index (χ1) is 8.96. The highest BCUT2D eigenvalue weighted by Crippen LogP contribution is 2.29. The van der Waals surface area contributed by atoms with Crippen molar-refractivity contribution in [2.45, 2.75) is 25.7 Å². The van der Waals surface area contributed by atoms with Crippen LogP contribution >= 0.6 is 0 Å². The summed E-state index contributed by atoms with van der Waals surface area (Å²) in [5.74, 6) is 0.213. The molecule has 1 fully saturated rings. The summed E-state index contributed by atoms with van der Waals surface area (Å²) in [5, 5.41) is 7.25. The molecule has 1 atom stereocenters. The molecule has 0 radical (unpaired) electrons. The maximum atomic E-state index is 12.1. The van der Waals surface area contributed by atoms with Gasteiger partial charge in [-0.25, -0.2) is 8.42 Å². The number of aryl methyl sites for hydroxylation is 2. The van der Waals surface area contributed by atoms with Crippen molar-refractivity contribution >= 4 is 21.6 Å². The van der Waals surface area contributed by atoms with E-state index in [9.17, 15) is 13.2 Å². The van der Waals surface area contributed by atoms with Gasteiger partial charge in [0.1, 0.15) is 5.82 Å². The monoisotopic (exact) mass is 283 g/mol. The zero-order valence-corrected chi connectivity index (χ0v) is 11.7. The first-order valence-electron chi connectivity index (χ1n) is 6.52. The molecule has 3 rings (SSSR count). The third-order valence-electron chi connectivity index (χ3n) is 3.91. The predicted molar refractivity (Wildman–Crippen MR) is 70.6 cm³/mol. The van der Waals surface area contributed by atoms with Crippen molar-refractivity contribution in [2.75, 3.05) is 16.8 Å². The van der Waals surface area contributed by atoms with Gasteiger partial charge in [-0.3, -0.25) is 9.48 Å². The van der Waals surface area contributed by atoms with Gasteiger partial charge in [0, 0.05) is 12.6 Å². The molecule has 104 valence electrons. The molecule has 0 aromatic carbocycles. The van der Waals surface area contributed by atoms with Crippen LogP contribution in [-0.2, 0) is 34.5 Å². The summed E-state index contributed by atoms with van der Waals surface area (Å²) >= 11 is 0. The van der Waals surface area contributed by atoms with Crippen LogP contribution in [0.5, 0.6) is 0 Å². The molecule has 1 aliphatic heterocycles. The average molecular weight is 283 g/mol. The largest absolute Gasteiger partial charge is 0.310 e. The molecular formula is C12H17N3O3S. The van der Waals surface area contributed by atoms with Crippen molar-refractivity contribution in [3.63, 3.8) is 0 Å². The number of carbonyl (C=O) groups excluding carboxylic acids is 1. The normalized spacial score (nSPS) is 24.4. The summed E-state index contributed by atoms with van der Waals surface area (Å²) in [6.07, 6.45) is 3.38. The highest BCUT2D eigenvalue weighted by atomic mass is 32.2. The Morgan fingerprint density at radius 2 is 2.21 bits per heavy atom. The molecule has 7 heteroatoms. The van der Waals surface area contributed by atoms with E-state index in [0.29, 0.717) is 6.42 Å². The van der Waals surface area contributed by atoms with Gasteiger partial charge in [-0.1, -0.05) is 0 Å². The zero-order chi connectivity index (χ0) is 13.6.